The van der Waals surface area contributed by atoms with Crippen molar-refractivity contribution in [2.45, 2.75) is 73.1 Å². The quantitative estimate of drug-likeness (QED) is 0.359. The van der Waals surface area contributed by atoms with Crippen molar-refractivity contribution in [3.8, 4) is 0 Å². The van der Waals surface area contributed by atoms with E-state index in [1.807, 2.05) is 18.2 Å². The van der Waals surface area contributed by atoms with E-state index in [1.165, 1.54) is 24.8 Å². The molecule has 0 rings (SSSR count). The van der Waals surface area contributed by atoms with Gasteiger partial charge in [-0.25, -0.2) is 0 Å². The van der Waals surface area contributed by atoms with Crippen LogP contribution in [0.3, 0.4) is 0 Å². The summed E-state index contributed by atoms with van der Waals surface area (Å²) >= 11 is 0. The van der Waals surface area contributed by atoms with Crippen LogP contribution < -0.4 is 0 Å². The second kappa shape index (κ2) is 14.3. The molecule has 0 heterocycles. The van der Waals surface area contributed by atoms with E-state index < -0.39 is 7.12 Å². The maximum Gasteiger partial charge on any atom is 0.484 e. The lowest BCUT2D eigenvalue weighted by Crippen LogP contribution is -2.14. The third-order valence-corrected chi connectivity index (χ3v) is 4.10. The summed E-state index contributed by atoms with van der Waals surface area (Å²) in [7, 11) is -1.39. The first-order chi connectivity index (χ1) is 11.4. The highest BCUT2D eigenvalue weighted by Crippen LogP contribution is 2.25. The van der Waals surface area contributed by atoms with E-state index in [1.54, 1.807) is 6.08 Å². The van der Waals surface area contributed by atoms with Gasteiger partial charge in [0.1, 0.15) is 0 Å². The van der Waals surface area contributed by atoms with Gasteiger partial charge in [0.2, 0.25) is 0 Å². The largest absolute Gasteiger partial charge is 0.484 e. The Bertz CT molecular complexity index is 431. The van der Waals surface area contributed by atoms with E-state index in [2.05, 4.69) is 46.8 Å². The standard InChI is InChI=1S/C21H37BO2/c1-6-9-10-14-21(22(23)24)15-11-13-19(8-3)17-20(12-7-2)16-18(4)5/h8-11,13-14,18,20,23-24H,6-7,12,15-17H2,1-5H3/b10-9+,13-11-,19-8+,21-14+. The van der Waals surface area contributed by atoms with Crippen molar-refractivity contribution in [2.24, 2.45) is 11.8 Å². The highest BCUT2D eigenvalue weighted by molar-refractivity contribution is 6.50. The molecule has 1 atom stereocenters. The molecule has 0 saturated carbocycles. The fourth-order valence-corrected chi connectivity index (χ4v) is 2.93. The highest BCUT2D eigenvalue weighted by atomic mass is 16.4. The van der Waals surface area contributed by atoms with E-state index in [-0.39, 0.29) is 0 Å². The van der Waals surface area contributed by atoms with Gasteiger partial charge < -0.3 is 10.0 Å². The molecule has 0 amide bonds. The van der Waals surface area contributed by atoms with Crippen molar-refractivity contribution in [2.75, 3.05) is 0 Å². The topological polar surface area (TPSA) is 40.5 Å². The van der Waals surface area contributed by atoms with Crippen LogP contribution >= 0.6 is 0 Å². The molecule has 0 aromatic carbocycles. The van der Waals surface area contributed by atoms with Gasteiger partial charge in [-0.2, -0.15) is 0 Å². The van der Waals surface area contributed by atoms with E-state index >= 15 is 0 Å². The number of allylic oxidation sites excluding steroid dienone is 8. The molecule has 0 spiro atoms. The molecule has 0 fully saturated rings. The Kier molecular flexibility index (Phi) is 13.7. The Morgan fingerprint density at radius 2 is 1.83 bits per heavy atom. The molecule has 0 saturated heterocycles. The van der Waals surface area contributed by atoms with E-state index in [4.69, 9.17) is 0 Å². The average molecular weight is 332 g/mol. The summed E-state index contributed by atoms with van der Waals surface area (Å²) in [6.45, 7) is 11.0. The van der Waals surface area contributed by atoms with Gasteiger partial charge in [-0.3, -0.25) is 0 Å². The first kappa shape index (κ1) is 22.9. The van der Waals surface area contributed by atoms with Gasteiger partial charge in [0.25, 0.3) is 0 Å². The maximum absolute atomic E-state index is 9.45. The van der Waals surface area contributed by atoms with Crippen LogP contribution in [0.15, 0.2) is 47.5 Å². The monoisotopic (exact) mass is 332 g/mol. The summed E-state index contributed by atoms with van der Waals surface area (Å²) < 4.78 is 0. The Balaban J connectivity index is 4.76. The molecule has 0 aliphatic heterocycles. The molecular formula is C21H37BO2. The van der Waals surface area contributed by atoms with Gasteiger partial charge in [0.05, 0.1) is 0 Å². The van der Waals surface area contributed by atoms with Gasteiger partial charge in [-0.1, -0.05) is 82.6 Å². The third kappa shape index (κ3) is 11.5. The van der Waals surface area contributed by atoms with Crippen molar-refractivity contribution in [1.82, 2.24) is 0 Å². The first-order valence-corrected chi connectivity index (χ1v) is 9.47. The lowest BCUT2D eigenvalue weighted by atomic mass is 9.77. The average Bonchev–Trinajstić information content (AvgIpc) is 2.51. The predicted molar refractivity (Wildman–Crippen MR) is 108 cm³/mol. The maximum atomic E-state index is 9.45. The molecule has 136 valence electrons. The van der Waals surface area contributed by atoms with Crippen LogP contribution in [-0.2, 0) is 0 Å². The van der Waals surface area contributed by atoms with Crippen LogP contribution in [0.1, 0.15) is 73.1 Å². The Hall–Kier alpha value is -1.06. The molecule has 0 aliphatic rings. The molecule has 3 heteroatoms. The molecule has 24 heavy (non-hydrogen) atoms. The molecule has 0 aliphatic carbocycles. The van der Waals surface area contributed by atoms with E-state index in [0.717, 1.165) is 24.7 Å². The summed E-state index contributed by atoms with van der Waals surface area (Å²) in [6.07, 6.45) is 18.4. The number of hydrogen-bond acceptors (Lipinski definition) is 2. The van der Waals surface area contributed by atoms with Crippen molar-refractivity contribution < 1.29 is 10.0 Å². The fraction of sp³-hybridized carbons (Fsp3) is 0.619. The smallest absolute Gasteiger partial charge is 0.423 e. The van der Waals surface area contributed by atoms with Crippen molar-refractivity contribution in [3.63, 3.8) is 0 Å². The molecule has 2 nitrogen and oxygen atoms in total. The zero-order chi connectivity index (χ0) is 18.4. The first-order valence-electron chi connectivity index (χ1n) is 9.47. The van der Waals surface area contributed by atoms with Crippen LogP contribution in [0.4, 0.5) is 0 Å². The van der Waals surface area contributed by atoms with Crippen LogP contribution in [-0.4, -0.2) is 17.2 Å². The van der Waals surface area contributed by atoms with Crippen LogP contribution in [0.2, 0.25) is 0 Å². The number of rotatable bonds is 12. The lowest BCUT2D eigenvalue weighted by molar-refractivity contribution is 0.382. The zero-order valence-corrected chi connectivity index (χ0v) is 16.3. The van der Waals surface area contributed by atoms with Crippen molar-refractivity contribution >= 4 is 7.12 Å². The minimum atomic E-state index is -1.39. The molecule has 0 aromatic heterocycles. The van der Waals surface area contributed by atoms with Crippen molar-refractivity contribution in [3.05, 3.63) is 47.5 Å². The van der Waals surface area contributed by atoms with Gasteiger partial charge in [0, 0.05) is 0 Å². The Labute approximate surface area is 150 Å². The molecule has 0 radical (unpaired) electrons. The van der Waals surface area contributed by atoms with E-state index in [0.29, 0.717) is 11.9 Å². The van der Waals surface area contributed by atoms with Gasteiger partial charge in [-0.15, -0.1) is 0 Å². The fourth-order valence-electron chi connectivity index (χ4n) is 2.93. The van der Waals surface area contributed by atoms with E-state index in [9.17, 15) is 10.0 Å². The third-order valence-electron chi connectivity index (χ3n) is 4.10. The minimum Gasteiger partial charge on any atom is -0.423 e. The molecule has 2 N–H and O–H groups in total. The summed E-state index contributed by atoms with van der Waals surface area (Å²) in [4.78, 5) is 0. The SMILES string of the molecule is C/C=C(\C=C/C/C(=C\C=C\CC)B(O)O)CC(CCC)CC(C)C. The number of hydrogen-bond donors (Lipinski definition) is 2. The predicted octanol–water partition coefficient (Wildman–Crippen LogP) is 5.64. The normalized spacial score (nSPS) is 15.0. The summed E-state index contributed by atoms with van der Waals surface area (Å²) in [5.74, 6) is 1.46. The Morgan fingerprint density at radius 1 is 1.12 bits per heavy atom. The summed E-state index contributed by atoms with van der Waals surface area (Å²) in [5.41, 5.74) is 1.96. The lowest BCUT2D eigenvalue weighted by Gasteiger charge is -2.19. The van der Waals surface area contributed by atoms with Crippen LogP contribution in [0, 0.1) is 11.8 Å². The highest BCUT2D eigenvalue weighted by Gasteiger charge is 2.13. The zero-order valence-electron chi connectivity index (χ0n) is 16.3. The van der Waals surface area contributed by atoms with Gasteiger partial charge in [-0.05, 0) is 49.9 Å². The van der Waals surface area contributed by atoms with Gasteiger partial charge in [0.15, 0.2) is 0 Å². The van der Waals surface area contributed by atoms with Gasteiger partial charge >= 0.3 is 7.12 Å². The second-order valence-electron chi connectivity index (χ2n) is 6.91. The summed E-state index contributed by atoms with van der Waals surface area (Å²) in [5, 5.41) is 18.9. The summed E-state index contributed by atoms with van der Waals surface area (Å²) in [6, 6.07) is 0. The minimum absolute atomic E-state index is 0.561. The second-order valence-corrected chi connectivity index (χ2v) is 6.91. The molecular weight excluding hydrogens is 295 g/mol. The molecule has 1 unspecified atom stereocenters. The Morgan fingerprint density at radius 3 is 2.33 bits per heavy atom. The van der Waals surface area contributed by atoms with Crippen LogP contribution in [0.25, 0.3) is 0 Å². The molecule has 0 aromatic rings. The molecule has 0 bridgehead atoms. The van der Waals surface area contributed by atoms with Crippen molar-refractivity contribution in [1.29, 1.82) is 0 Å². The van der Waals surface area contributed by atoms with Crippen LogP contribution in [0.5, 0.6) is 0 Å².